The minimum Gasteiger partial charge on any atom is -0.481 e. The third kappa shape index (κ3) is 1390. The fourth-order valence-corrected chi connectivity index (χ4v) is 0. The molecule has 0 aromatic rings. The van der Waals surface area contributed by atoms with Crippen molar-refractivity contribution in [3.05, 3.63) is 0 Å². The summed E-state index contributed by atoms with van der Waals surface area (Å²) in [6.45, 7) is 3.25. The van der Waals surface area contributed by atoms with E-state index < -0.39 is 17.9 Å². The highest BCUT2D eigenvalue weighted by molar-refractivity contribution is 5.75. The highest BCUT2D eigenvalue weighted by Gasteiger charge is 1.66. The number of carboxylic acid groups (broad SMARTS) is 3. The molecule has 6 nitrogen and oxygen atoms in total. The highest BCUT2D eigenvalue weighted by Crippen LogP contribution is 1.42. The molecule has 0 unspecified atom stereocenters. The van der Waals surface area contributed by atoms with Gasteiger partial charge in [0.25, 0.3) is 17.9 Å². The van der Waals surface area contributed by atoms with Crippen LogP contribution in [-0.4, -0.2) is 56.3 Å². The third-order valence-electron chi connectivity index (χ3n) is 0. The van der Waals surface area contributed by atoms with Crippen LogP contribution in [0.1, 0.15) is 20.8 Å². The van der Waals surface area contributed by atoms with Crippen molar-refractivity contribution in [2.45, 2.75) is 20.8 Å². The second-order valence-electron chi connectivity index (χ2n) is 1.56. The zero-order valence-electron chi connectivity index (χ0n) is 7.07. The molecule has 0 atom stereocenters. The summed E-state index contributed by atoms with van der Waals surface area (Å²) in [7, 11) is 0. The fourth-order valence-electron chi connectivity index (χ4n) is 0. The molecule has 0 saturated carbocycles. The molecule has 0 aliphatic heterocycles. The average Bonchev–Trinajstić information content (AvgIpc) is 1.54. The van der Waals surface area contributed by atoms with Crippen molar-refractivity contribution in [3.63, 3.8) is 0 Å². The molecule has 7 heteroatoms. The van der Waals surface area contributed by atoms with Gasteiger partial charge < -0.3 is 15.3 Å². The quantitative estimate of drug-likeness (QED) is 0.454. The SMILES string of the molecule is CC(=O)O.CC(=O)O.CC(=O)O.[MgH2]. The number of carboxylic acids is 3. The molecule has 0 rings (SSSR count). The van der Waals surface area contributed by atoms with Crippen molar-refractivity contribution in [2.75, 3.05) is 0 Å². The number of aliphatic carboxylic acids is 3. The van der Waals surface area contributed by atoms with Crippen molar-refractivity contribution in [2.24, 2.45) is 0 Å². The first kappa shape index (κ1) is 22.8. The molecule has 13 heavy (non-hydrogen) atoms. The summed E-state index contributed by atoms with van der Waals surface area (Å²) in [5.74, 6) is -2.50. The van der Waals surface area contributed by atoms with E-state index in [1.165, 1.54) is 0 Å². The summed E-state index contributed by atoms with van der Waals surface area (Å²) < 4.78 is 0. The molecule has 76 valence electrons. The summed E-state index contributed by atoms with van der Waals surface area (Å²) >= 11 is 0. The number of carbonyl (C=O) groups is 3. The van der Waals surface area contributed by atoms with Crippen LogP contribution >= 0.6 is 0 Å². The average molecular weight is 206 g/mol. The van der Waals surface area contributed by atoms with Gasteiger partial charge in [-0.3, -0.25) is 14.4 Å². The summed E-state index contributed by atoms with van der Waals surface area (Å²) in [6.07, 6.45) is 0. The first-order valence-electron chi connectivity index (χ1n) is 2.78. The van der Waals surface area contributed by atoms with Gasteiger partial charge in [-0.05, 0) is 0 Å². The molecule has 0 fully saturated rings. The molecule has 0 saturated heterocycles. The zero-order chi connectivity index (χ0) is 10.7. The van der Waals surface area contributed by atoms with Crippen LogP contribution in [0.25, 0.3) is 0 Å². The van der Waals surface area contributed by atoms with Crippen LogP contribution in [0.4, 0.5) is 0 Å². The van der Waals surface area contributed by atoms with Crippen LogP contribution in [0.15, 0.2) is 0 Å². The second kappa shape index (κ2) is 17.3. The second-order valence-corrected chi connectivity index (χ2v) is 1.56. The first-order valence-corrected chi connectivity index (χ1v) is 2.78. The Morgan fingerprint density at radius 1 is 0.692 bits per heavy atom. The third-order valence-corrected chi connectivity index (χ3v) is 0. The minimum absolute atomic E-state index is 0. The fraction of sp³-hybridized carbons (Fsp3) is 0.500. The Labute approximate surface area is 91.7 Å². The van der Waals surface area contributed by atoms with Gasteiger partial charge in [0.1, 0.15) is 0 Å². The lowest BCUT2D eigenvalue weighted by Crippen LogP contribution is -1.78. The Kier molecular flexibility index (Phi) is 30.3. The van der Waals surface area contributed by atoms with Crippen LogP contribution in [0.3, 0.4) is 0 Å². The first-order chi connectivity index (χ1) is 5.20. The lowest BCUT2D eigenvalue weighted by molar-refractivity contribution is -0.135. The van der Waals surface area contributed by atoms with Gasteiger partial charge in [0.2, 0.25) is 0 Å². The summed E-state index contributed by atoms with van der Waals surface area (Å²) in [5, 5.41) is 22.2. The zero-order valence-corrected chi connectivity index (χ0v) is 7.07. The number of rotatable bonds is 0. The van der Waals surface area contributed by atoms with Gasteiger partial charge in [0.05, 0.1) is 0 Å². The van der Waals surface area contributed by atoms with Crippen molar-refractivity contribution < 1.29 is 29.7 Å². The molecular weight excluding hydrogens is 192 g/mol. The normalized spacial score (nSPS) is 5.77. The van der Waals surface area contributed by atoms with Gasteiger partial charge in [0.15, 0.2) is 0 Å². The number of hydrogen-bond donors (Lipinski definition) is 3. The molecule has 0 radical (unpaired) electrons. The van der Waals surface area contributed by atoms with Crippen LogP contribution in [-0.2, 0) is 14.4 Å². The van der Waals surface area contributed by atoms with E-state index in [1.807, 2.05) is 0 Å². The predicted octanol–water partition coefficient (Wildman–Crippen LogP) is -0.644. The van der Waals surface area contributed by atoms with Gasteiger partial charge >= 0.3 is 23.1 Å². The Balaban J connectivity index is -0.0000000450. The van der Waals surface area contributed by atoms with Gasteiger partial charge in [-0.25, -0.2) is 0 Å². The molecule has 0 amide bonds. The van der Waals surface area contributed by atoms with Gasteiger partial charge in [-0.15, -0.1) is 0 Å². The topological polar surface area (TPSA) is 112 Å². The van der Waals surface area contributed by atoms with E-state index in [1.54, 1.807) is 0 Å². The molecule has 0 heterocycles. The molecule has 0 spiro atoms. The lowest BCUT2D eigenvalue weighted by Gasteiger charge is -1.59. The van der Waals surface area contributed by atoms with E-state index in [4.69, 9.17) is 29.7 Å². The van der Waals surface area contributed by atoms with E-state index in [9.17, 15) is 0 Å². The maximum Gasteiger partial charge on any atom is 0.316 e. The van der Waals surface area contributed by atoms with Crippen molar-refractivity contribution in [1.82, 2.24) is 0 Å². The Morgan fingerprint density at radius 3 is 0.692 bits per heavy atom. The lowest BCUT2D eigenvalue weighted by atomic mass is 10.9. The van der Waals surface area contributed by atoms with Crippen LogP contribution in [0.2, 0.25) is 0 Å². The Hall–Kier alpha value is -0.824. The largest absolute Gasteiger partial charge is 0.481 e. The smallest absolute Gasteiger partial charge is 0.316 e. The van der Waals surface area contributed by atoms with E-state index in [-0.39, 0.29) is 23.1 Å². The van der Waals surface area contributed by atoms with Gasteiger partial charge in [-0.2, -0.15) is 0 Å². The van der Waals surface area contributed by atoms with Crippen LogP contribution < -0.4 is 0 Å². The van der Waals surface area contributed by atoms with E-state index >= 15 is 0 Å². The molecule has 0 bridgehead atoms. The molecule has 3 N–H and O–H groups in total. The molecular formula is C6H14MgO6. The van der Waals surface area contributed by atoms with Crippen LogP contribution in [0, 0.1) is 0 Å². The summed E-state index contributed by atoms with van der Waals surface area (Å²) in [6, 6.07) is 0. The van der Waals surface area contributed by atoms with Crippen molar-refractivity contribution >= 4 is 41.0 Å². The molecule has 0 aliphatic carbocycles. The van der Waals surface area contributed by atoms with E-state index in [0.717, 1.165) is 20.8 Å². The monoisotopic (exact) mass is 206 g/mol. The van der Waals surface area contributed by atoms with Crippen molar-refractivity contribution in [1.29, 1.82) is 0 Å². The highest BCUT2D eigenvalue weighted by atomic mass is 24.3. The molecule has 0 aliphatic rings. The maximum atomic E-state index is 9.00. The van der Waals surface area contributed by atoms with Crippen LogP contribution in [0.5, 0.6) is 0 Å². The molecule has 0 aromatic carbocycles. The van der Waals surface area contributed by atoms with Gasteiger partial charge in [-0.1, -0.05) is 0 Å². The summed E-state index contributed by atoms with van der Waals surface area (Å²) in [5.41, 5.74) is 0. The maximum absolute atomic E-state index is 9.00. The Morgan fingerprint density at radius 2 is 0.692 bits per heavy atom. The minimum atomic E-state index is -0.833. The Bertz CT molecular complexity index is 115. The molecule has 0 aromatic heterocycles. The van der Waals surface area contributed by atoms with Gasteiger partial charge in [0, 0.05) is 20.8 Å². The summed E-state index contributed by atoms with van der Waals surface area (Å²) in [4.78, 5) is 27.0. The van der Waals surface area contributed by atoms with Crippen molar-refractivity contribution in [3.8, 4) is 0 Å². The van der Waals surface area contributed by atoms with E-state index in [0.29, 0.717) is 0 Å². The predicted molar refractivity (Wildman–Crippen MR) is 48.5 cm³/mol. The standard InChI is InChI=1S/3C2H4O2.Mg.2H/c3*1-2(3)4;;;/h3*1H3,(H,3,4);;;. The number of hydrogen-bond acceptors (Lipinski definition) is 3. The van der Waals surface area contributed by atoms with E-state index in [2.05, 4.69) is 0 Å².